The minimum absolute atomic E-state index is 0.0472. The number of nitrogens with zero attached hydrogens (tertiary/aromatic N) is 3. The minimum Gasteiger partial charge on any atom is -0.373 e. The van der Waals surface area contributed by atoms with E-state index in [2.05, 4.69) is 47.2 Å². The second-order valence-corrected chi connectivity index (χ2v) is 8.29. The number of aryl methyl sites for hydroxylation is 2. The first kappa shape index (κ1) is 20.7. The fourth-order valence-corrected chi connectivity index (χ4v) is 4.14. The standard InChI is InChI=1S/C24H32N4O2/c1-19-8-9-22(16-20(19)2)27-12-10-26(11-13-27)17-23-18-28(14-15-30-23)24(29)25-21-6-4-3-5-7-21/h3-9,16,23H,10-15,17-18H2,1-2H3,(H,25,29)/t23-/m0/s1. The zero-order valence-electron chi connectivity index (χ0n) is 18.0. The Bertz CT molecular complexity index is 850. The predicted octanol–water partition coefficient (Wildman–Crippen LogP) is 3.36. The molecule has 2 fully saturated rings. The molecule has 2 aromatic rings. The third-order valence-corrected chi connectivity index (χ3v) is 6.14. The number of carbonyl (C=O) groups excluding carboxylic acids is 1. The van der Waals surface area contributed by atoms with E-state index in [-0.39, 0.29) is 12.1 Å². The fraction of sp³-hybridized carbons (Fsp3) is 0.458. The molecule has 2 aliphatic heterocycles. The average Bonchev–Trinajstić information content (AvgIpc) is 2.77. The van der Waals surface area contributed by atoms with Crippen LogP contribution in [0.2, 0.25) is 0 Å². The smallest absolute Gasteiger partial charge is 0.322 e. The Morgan fingerprint density at radius 3 is 2.50 bits per heavy atom. The minimum atomic E-state index is -0.0472. The molecule has 0 radical (unpaired) electrons. The maximum absolute atomic E-state index is 12.6. The number of hydrogen-bond donors (Lipinski definition) is 1. The van der Waals surface area contributed by atoms with E-state index < -0.39 is 0 Å². The number of anilines is 2. The number of piperazine rings is 1. The lowest BCUT2D eigenvalue weighted by Crippen LogP contribution is -2.54. The van der Waals surface area contributed by atoms with E-state index >= 15 is 0 Å². The lowest BCUT2D eigenvalue weighted by molar-refractivity contribution is -0.0295. The lowest BCUT2D eigenvalue weighted by atomic mass is 10.1. The van der Waals surface area contributed by atoms with E-state index in [4.69, 9.17) is 4.74 Å². The first-order chi connectivity index (χ1) is 14.6. The van der Waals surface area contributed by atoms with Gasteiger partial charge in [-0.15, -0.1) is 0 Å². The first-order valence-corrected chi connectivity index (χ1v) is 10.9. The van der Waals surface area contributed by atoms with Gasteiger partial charge in [0.2, 0.25) is 0 Å². The van der Waals surface area contributed by atoms with Gasteiger partial charge < -0.3 is 19.9 Å². The number of benzene rings is 2. The number of ether oxygens (including phenoxy) is 1. The van der Waals surface area contributed by atoms with Gasteiger partial charge in [-0.1, -0.05) is 24.3 Å². The van der Waals surface area contributed by atoms with Crippen LogP contribution >= 0.6 is 0 Å². The van der Waals surface area contributed by atoms with Gasteiger partial charge in [-0.05, 0) is 49.2 Å². The third-order valence-electron chi connectivity index (χ3n) is 6.14. The van der Waals surface area contributed by atoms with Crippen LogP contribution in [0.15, 0.2) is 48.5 Å². The number of para-hydroxylation sites is 1. The Kier molecular flexibility index (Phi) is 6.55. The van der Waals surface area contributed by atoms with E-state index in [1.54, 1.807) is 0 Å². The molecule has 6 nitrogen and oxygen atoms in total. The number of nitrogens with one attached hydrogen (secondary N) is 1. The number of carbonyl (C=O) groups is 1. The molecule has 2 heterocycles. The largest absolute Gasteiger partial charge is 0.373 e. The molecular formula is C24H32N4O2. The maximum Gasteiger partial charge on any atom is 0.322 e. The molecular weight excluding hydrogens is 376 g/mol. The summed E-state index contributed by atoms with van der Waals surface area (Å²) < 4.78 is 5.97. The van der Waals surface area contributed by atoms with Gasteiger partial charge in [-0.2, -0.15) is 0 Å². The predicted molar refractivity (Wildman–Crippen MR) is 121 cm³/mol. The first-order valence-electron chi connectivity index (χ1n) is 10.9. The van der Waals surface area contributed by atoms with Crippen molar-refractivity contribution in [1.82, 2.24) is 9.80 Å². The SMILES string of the molecule is Cc1ccc(N2CCN(C[C@H]3CN(C(=O)Nc4ccccc4)CCO3)CC2)cc1C. The molecule has 160 valence electrons. The van der Waals surface area contributed by atoms with Crippen LogP contribution in [0.5, 0.6) is 0 Å². The molecule has 2 aliphatic rings. The number of amides is 2. The Morgan fingerprint density at radius 2 is 1.77 bits per heavy atom. The van der Waals surface area contributed by atoms with Crippen molar-refractivity contribution in [3.63, 3.8) is 0 Å². The molecule has 6 heteroatoms. The van der Waals surface area contributed by atoms with Gasteiger partial charge in [0.1, 0.15) is 0 Å². The summed E-state index contributed by atoms with van der Waals surface area (Å²) in [7, 11) is 0. The summed E-state index contributed by atoms with van der Waals surface area (Å²) >= 11 is 0. The van der Waals surface area contributed by atoms with E-state index in [0.717, 1.165) is 38.4 Å². The highest BCUT2D eigenvalue weighted by atomic mass is 16.5. The second kappa shape index (κ2) is 9.49. The molecule has 1 N–H and O–H groups in total. The molecule has 0 saturated carbocycles. The maximum atomic E-state index is 12.6. The second-order valence-electron chi connectivity index (χ2n) is 8.29. The molecule has 1 atom stereocenters. The van der Waals surface area contributed by atoms with Crippen molar-refractivity contribution in [2.24, 2.45) is 0 Å². The highest BCUT2D eigenvalue weighted by Crippen LogP contribution is 2.21. The molecule has 0 unspecified atom stereocenters. The number of rotatable bonds is 4. The van der Waals surface area contributed by atoms with Gasteiger partial charge in [0.05, 0.1) is 12.7 Å². The normalized spacial score (nSPS) is 20.3. The van der Waals surface area contributed by atoms with Crippen LogP contribution in [0.3, 0.4) is 0 Å². The molecule has 30 heavy (non-hydrogen) atoms. The zero-order valence-corrected chi connectivity index (χ0v) is 18.0. The number of urea groups is 1. The molecule has 2 aromatic carbocycles. The van der Waals surface area contributed by atoms with Crippen LogP contribution in [-0.2, 0) is 4.74 Å². The van der Waals surface area contributed by atoms with Crippen molar-refractivity contribution in [3.05, 3.63) is 59.7 Å². The molecule has 0 aliphatic carbocycles. The third kappa shape index (κ3) is 5.12. The van der Waals surface area contributed by atoms with Crippen molar-refractivity contribution in [1.29, 1.82) is 0 Å². The number of hydrogen-bond acceptors (Lipinski definition) is 4. The summed E-state index contributed by atoms with van der Waals surface area (Å²) in [6.07, 6.45) is 0.0634. The Labute approximate surface area is 179 Å². The Morgan fingerprint density at radius 1 is 1.00 bits per heavy atom. The van der Waals surface area contributed by atoms with Crippen LogP contribution < -0.4 is 10.2 Å². The summed E-state index contributed by atoms with van der Waals surface area (Å²) in [4.78, 5) is 19.4. The van der Waals surface area contributed by atoms with Crippen molar-refractivity contribution in [3.8, 4) is 0 Å². The number of morpholine rings is 1. The summed E-state index contributed by atoms with van der Waals surface area (Å²) in [5.41, 5.74) is 4.83. The van der Waals surface area contributed by atoms with E-state index in [1.165, 1.54) is 16.8 Å². The fourth-order valence-electron chi connectivity index (χ4n) is 4.14. The molecule has 0 spiro atoms. The lowest BCUT2D eigenvalue weighted by Gasteiger charge is -2.40. The van der Waals surface area contributed by atoms with Crippen LogP contribution in [-0.4, -0.2) is 74.4 Å². The van der Waals surface area contributed by atoms with Crippen molar-refractivity contribution < 1.29 is 9.53 Å². The van der Waals surface area contributed by atoms with Gasteiger partial charge >= 0.3 is 6.03 Å². The summed E-state index contributed by atoms with van der Waals surface area (Å²) in [6.45, 7) is 11.1. The average molecular weight is 409 g/mol. The molecule has 2 saturated heterocycles. The Hall–Kier alpha value is -2.57. The van der Waals surface area contributed by atoms with E-state index in [9.17, 15) is 4.79 Å². The summed E-state index contributed by atoms with van der Waals surface area (Å²) in [6, 6.07) is 16.3. The molecule has 0 aromatic heterocycles. The zero-order chi connectivity index (χ0) is 20.9. The quantitative estimate of drug-likeness (QED) is 0.843. The topological polar surface area (TPSA) is 48.0 Å². The van der Waals surface area contributed by atoms with E-state index in [1.807, 2.05) is 35.2 Å². The van der Waals surface area contributed by atoms with E-state index in [0.29, 0.717) is 19.7 Å². The summed E-state index contributed by atoms with van der Waals surface area (Å²) in [5, 5.41) is 2.98. The van der Waals surface area contributed by atoms with Gasteiger partial charge in [-0.3, -0.25) is 4.90 Å². The summed E-state index contributed by atoms with van der Waals surface area (Å²) in [5.74, 6) is 0. The van der Waals surface area contributed by atoms with Crippen molar-refractivity contribution in [2.75, 3.05) is 62.6 Å². The van der Waals surface area contributed by atoms with Gasteiger partial charge in [0.25, 0.3) is 0 Å². The van der Waals surface area contributed by atoms with Crippen LogP contribution in [0, 0.1) is 13.8 Å². The molecule has 4 rings (SSSR count). The highest BCUT2D eigenvalue weighted by Gasteiger charge is 2.27. The monoisotopic (exact) mass is 408 g/mol. The van der Waals surface area contributed by atoms with Gasteiger partial charge in [0, 0.05) is 57.2 Å². The van der Waals surface area contributed by atoms with Gasteiger partial charge in [-0.25, -0.2) is 4.79 Å². The van der Waals surface area contributed by atoms with Crippen molar-refractivity contribution in [2.45, 2.75) is 20.0 Å². The van der Waals surface area contributed by atoms with Crippen LogP contribution in [0.25, 0.3) is 0 Å². The van der Waals surface area contributed by atoms with Crippen LogP contribution in [0.1, 0.15) is 11.1 Å². The molecule has 0 bridgehead atoms. The van der Waals surface area contributed by atoms with Crippen LogP contribution in [0.4, 0.5) is 16.2 Å². The Balaban J connectivity index is 1.25. The van der Waals surface area contributed by atoms with Crippen molar-refractivity contribution >= 4 is 17.4 Å². The van der Waals surface area contributed by atoms with Gasteiger partial charge in [0.15, 0.2) is 0 Å². The molecule has 2 amide bonds. The highest BCUT2D eigenvalue weighted by molar-refractivity contribution is 5.89.